The Labute approximate surface area is 125 Å². The van der Waals surface area contributed by atoms with Crippen molar-refractivity contribution in [3.05, 3.63) is 39.8 Å². The molecular weight excluding hydrogens is 330 g/mol. The van der Waals surface area contributed by atoms with Crippen molar-refractivity contribution >= 4 is 33.2 Å². The van der Waals surface area contributed by atoms with E-state index in [1.54, 1.807) is 6.33 Å². The zero-order chi connectivity index (χ0) is 13.8. The Balaban J connectivity index is 2.21. The van der Waals surface area contributed by atoms with Crippen LogP contribution in [0.1, 0.15) is 12.6 Å². The predicted molar refractivity (Wildman–Crippen MR) is 80.9 cm³/mol. The normalized spacial score (nSPS) is 10.5. The lowest BCUT2D eigenvalue weighted by molar-refractivity contribution is 0.339. The van der Waals surface area contributed by atoms with Crippen LogP contribution in [0, 0.1) is 0 Å². The van der Waals surface area contributed by atoms with Gasteiger partial charge in [0.1, 0.15) is 0 Å². The molecule has 4 nitrogen and oxygen atoms in total. The molecule has 6 heteroatoms. The average Bonchev–Trinajstić information content (AvgIpc) is 2.76. The highest BCUT2D eigenvalue weighted by Crippen LogP contribution is 2.36. The molecule has 0 aliphatic rings. The molecule has 0 saturated heterocycles. The first-order valence-electron chi connectivity index (χ1n) is 5.92. The SMILES string of the molecule is CCOc1c(Br)cc(Cl)cc1NCc1cncn1C. The monoisotopic (exact) mass is 343 g/mol. The van der Waals surface area contributed by atoms with E-state index in [9.17, 15) is 0 Å². The van der Waals surface area contributed by atoms with Crippen molar-refractivity contribution in [3.8, 4) is 5.75 Å². The van der Waals surface area contributed by atoms with Crippen molar-refractivity contribution in [2.24, 2.45) is 7.05 Å². The second-order valence-electron chi connectivity index (χ2n) is 4.05. The van der Waals surface area contributed by atoms with Crippen molar-refractivity contribution in [1.82, 2.24) is 9.55 Å². The molecule has 0 bridgehead atoms. The standard InChI is InChI=1S/C13H15BrClN3O/c1-3-19-13-11(14)4-9(15)5-12(13)17-7-10-6-16-8-18(10)2/h4-6,8,17H,3,7H2,1-2H3. The largest absolute Gasteiger partial charge is 0.491 e. The summed E-state index contributed by atoms with van der Waals surface area (Å²) in [4.78, 5) is 4.08. The first-order valence-corrected chi connectivity index (χ1v) is 7.09. The summed E-state index contributed by atoms with van der Waals surface area (Å²) >= 11 is 9.54. The van der Waals surface area contributed by atoms with Crippen LogP contribution in [0.5, 0.6) is 5.75 Å². The Kier molecular flexibility index (Phi) is 4.71. The molecule has 102 valence electrons. The number of nitrogens with one attached hydrogen (secondary N) is 1. The summed E-state index contributed by atoms with van der Waals surface area (Å²) in [6.45, 7) is 3.20. The zero-order valence-corrected chi connectivity index (χ0v) is 13.1. The van der Waals surface area contributed by atoms with Crippen LogP contribution >= 0.6 is 27.5 Å². The predicted octanol–water partition coefficient (Wildman–Crippen LogP) is 3.85. The van der Waals surface area contributed by atoms with Gasteiger partial charge in [-0.25, -0.2) is 4.98 Å². The number of nitrogens with zero attached hydrogens (tertiary/aromatic N) is 2. The molecular formula is C13H15BrClN3O. The van der Waals surface area contributed by atoms with Crippen molar-refractivity contribution < 1.29 is 4.74 Å². The molecule has 2 aromatic rings. The molecule has 0 amide bonds. The van der Waals surface area contributed by atoms with Crippen LogP contribution in [0.3, 0.4) is 0 Å². The van der Waals surface area contributed by atoms with Crippen LogP contribution in [-0.2, 0) is 13.6 Å². The molecule has 0 radical (unpaired) electrons. The van der Waals surface area contributed by atoms with Gasteiger partial charge in [0.2, 0.25) is 0 Å². The first-order chi connectivity index (χ1) is 9.11. The van der Waals surface area contributed by atoms with Crippen LogP contribution < -0.4 is 10.1 Å². The van der Waals surface area contributed by atoms with Gasteiger partial charge in [-0.1, -0.05) is 11.6 Å². The van der Waals surface area contributed by atoms with E-state index in [1.807, 2.05) is 36.9 Å². The smallest absolute Gasteiger partial charge is 0.156 e. The molecule has 1 N–H and O–H groups in total. The van der Waals surface area contributed by atoms with Gasteiger partial charge in [0.05, 0.1) is 35.3 Å². The van der Waals surface area contributed by atoms with Crippen molar-refractivity contribution in [1.29, 1.82) is 0 Å². The van der Waals surface area contributed by atoms with E-state index in [1.165, 1.54) is 0 Å². The number of halogens is 2. The minimum Gasteiger partial charge on any atom is -0.491 e. The molecule has 2 rings (SSSR count). The number of anilines is 1. The van der Waals surface area contributed by atoms with Crippen LogP contribution in [0.25, 0.3) is 0 Å². The van der Waals surface area contributed by atoms with Crippen LogP contribution in [-0.4, -0.2) is 16.2 Å². The summed E-state index contributed by atoms with van der Waals surface area (Å²) < 4.78 is 8.44. The van der Waals surface area contributed by atoms with Gasteiger partial charge in [-0.05, 0) is 35.0 Å². The Bertz CT molecular complexity index is 571. The zero-order valence-electron chi connectivity index (χ0n) is 10.8. The van der Waals surface area contributed by atoms with Crippen LogP contribution in [0.4, 0.5) is 5.69 Å². The van der Waals surface area contributed by atoms with E-state index in [0.29, 0.717) is 18.2 Å². The summed E-state index contributed by atoms with van der Waals surface area (Å²) in [5, 5.41) is 3.98. The van der Waals surface area contributed by atoms with Gasteiger partial charge < -0.3 is 14.6 Å². The lowest BCUT2D eigenvalue weighted by Crippen LogP contribution is -2.06. The van der Waals surface area contributed by atoms with Crippen molar-refractivity contribution in [2.75, 3.05) is 11.9 Å². The molecule has 1 aromatic carbocycles. The first kappa shape index (κ1) is 14.2. The molecule has 0 unspecified atom stereocenters. The fourth-order valence-corrected chi connectivity index (χ4v) is 2.65. The Morgan fingerprint density at radius 2 is 2.26 bits per heavy atom. The van der Waals surface area contributed by atoms with Gasteiger partial charge in [0.15, 0.2) is 5.75 Å². The van der Waals surface area contributed by atoms with Gasteiger partial charge in [-0.3, -0.25) is 0 Å². The fraction of sp³-hybridized carbons (Fsp3) is 0.308. The van der Waals surface area contributed by atoms with Gasteiger partial charge in [-0.2, -0.15) is 0 Å². The summed E-state index contributed by atoms with van der Waals surface area (Å²) in [6.07, 6.45) is 3.60. The van der Waals surface area contributed by atoms with E-state index in [0.717, 1.165) is 21.6 Å². The van der Waals surface area contributed by atoms with E-state index >= 15 is 0 Å². The lowest BCUT2D eigenvalue weighted by Gasteiger charge is -2.14. The number of aryl methyl sites for hydroxylation is 1. The van der Waals surface area contributed by atoms with Gasteiger partial charge in [0, 0.05) is 18.3 Å². The van der Waals surface area contributed by atoms with E-state index in [4.69, 9.17) is 16.3 Å². The quantitative estimate of drug-likeness (QED) is 0.895. The third-order valence-corrected chi connectivity index (χ3v) is 3.48. The van der Waals surface area contributed by atoms with Gasteiger partial charge >= 0.3 is 0 Å². The highest BCUT2D eigenvalue weighted by molar-refractivity contribution is 9.10. The third kappa shape index (κ3) is 3.42. The molecule has 1 heterocycles. The summed E-state index contributed by atoms with van der Waals surface area (Å²) in [5.41, 5.74) is 1.95. The average molecular weight is 345 g/mol. The minimum atomic E-state index is 0.598. The number of imidazole rings is 1. The van der Waals surface area contributed by atoms with E-state index in [-0.39, 0.29) is 0 Å². The number of benzene rings is 1. The summed E-state index contributed by atoms with van der Waals surface area (Å²) in [7, 11) is 1.96. The topological polar surface area (TPSA) is 39.1 Å². The highest BCUT2D eigenvalue weighted by atomic mass is 79.9. The second-order valence-corrected chi connectivity index (χ2v) is 5.34. The summed E-state index contributed by atoms with van der Waals surface area (Å²) in [6, 6.07) is 3.68. The Morgan fingerprint density at radius 1 is 1.47 bits per heavy atom. The molecule has 0 saturated carbocycles. The number of ether oxygens (including phenoxy) is 1. The van der Waals surface area contributed by atoms with E-state index in [2.05, 4.69) is 26.2 Å². The number of aromatic nitrogens is 2. The molecule has 0 aliphatic carbocycles. The Hall–Kier alpha value is -1.20. The Morgan fingerprint density at radius 3 is 2.89 bits per heavy atom. The molecule has 0 fully saturated rings. The summed E-state index contributed by atoms with van der Waals surface area (Å²) in [5.74, 6) is 0.772. The highest BCUT2D eigenvalue weighted by Gasteiger charge is 2.10. The van der Waals surface area contributed by atoms with Crippen LogP contribution in [0.15, 0.2) is 29.1 Å². The molecule has 19 heavy (non-hydrogen) atoms. The fourth-order valence-electron chi connectivity index (χ4n) is 1.72. The maximum atomic E-state index is 6.07. The molecule has 0 atom stereocenters. The molecule has 1 aromatic heterocycles. The van der Waals surface area contributed by atoms with Crippen molar-refractivity contribution in [2.45, 2.75) is 13.5 Å². The number of rotatable bonds is 5. The maximum Gasteiger partial charge on any atom is 0.156 e. The maximum absolute atomic E-state index is 6.07. The lowest BCUT2D eigenvalue weighted by atomic mass is 10.3. The minimum absolute atomic E-state index is 0.598. The number of hydrogen-bond acceptors (Lipinski definition) is 3. The number of hydrogen-bond donors (Lipinski definition) is 1. The van der Waals surface area contributed by atoms with Gasteiger partial charge in [0.25, 0.3) is 0 Å². The van der Waals surface area contributed by atoms with Crippen molar-refractivity contribution in [3.63, 3.8) is 0 Å². The molecule has 0 aliphatic heterocycles. The van der Waals surface area contributed by atoms with E-state index < -0.39 is 0 Å². The van der Waals surface area contributed by atoms with Gasteiger partial charge in [-0.15, -0.1) is 0 Å². The third-order valence-electron chi connectivity index (χ3n) is 2.67. The molecule has 0 spiro atoms. The van der Waals surface area contributed by atoms with Crippen LogP contribution in [0.2, 0.25) is 5.02 Å². The second kappa shape index (κ2) is 6.30.